The Labute approximate surface area is 92.6 Å². The summed E-state index contributed by atoms with van der Waals surface area (Å²) in [7, 11) is 0. The van der Waals surface area contributed by atoms with E-state index in [1.165, 1.54) is 18.2 Å². The summed E-state index contributed by atoms with van der Waals surface area (Å²) < 4.78 is 13.4. The highest BCUT2D eigenvalue weighted by Crippen LogP contribution is 2.27. The Bertz CT molecular complexity index is 402. The van der Waals surface area contributed by atoms with Crippen molar-refractivity contribution in [3.63, 3.8) is 0 Å². The Balaban J connectivity index is 2.98. The van der Waals surface area contributed by atoms with Crippen molar-refractivity contribution in [2.24, 2.45) is 5.73 Å². The Morgan fingerprint density at radius 2 is 2.19 bits per heavy atom. The van der Waals surface area contributed by atoms with E-state index in [-0.39, 0.29) is 17.9 Å². The second-order valence-corrected chi connectivity index (χ2v) is 4.23. The van der Waals surface area contributed by atoms with Crippen molar-refractivity contribution in [2.75, 3.05) is 11.9 Å². The van der Waals surface area contributed by atoms with Crippen LogP contribution in [0.2, 0.25) is 0 Å². The maximum atomic E-state index is 13.4. The minimum atomic E-state index is -0.654. The average Bonchev–Trinajstić information content (AvgIpc) is 2.13. The molecule has 1 rings (SSSR count). The predicted octanol–water partition coefficient (Wildman–Crippen LogP) is 1.88. The Kier molecular flexibility index (Phi) is 3.44. The number of nitro groups is 1. The molecule has 0 saturated heterocycles. The summed E-state index contributed by atoms with van der Waals surface area (Å²) in [5, 5.41) is 13.3. The third-order valence-corrected chi connectivity index (χ3v) is 1.91. The number of anilines is 1. The lowest BCUT2D eigenvalue weighted by Crippen LogP contribution is -2.39. The highest BCUT2D eigenvalue weighted by atomic mass is 19.1. The van der Waals surface area contributed by atoms with Gasteiger partial charge < -0.3 is 11.1 Å². The van der Waals surface area contributed by atoms with Crippen LogP contribution in [0.3, 0.4) is 0 Å². The highest BCUT2D eigenvalue weighted by molar-refractivity contribution is 5.62. The van der Waals surface area contributed by atoms with E-state index in [2.05, 4.69) is 5.32 Å². The first-order valence-corrected chi connectivity index (χ1v) is 4.77. The normalized spacial score (nSPS) is 11.2. The molecule has 0 aromatic heterocycles. The molecular formula is C10H14FN3O2. The van der Waals surface area contributed by atoms with E-state index in [0.717, 1.165) is 0 Å². The molecule has 5 nitrogen and oxygen atoms in total. The standard InChI is InChI=1S/C10H14FN3O2/c1-10(2,12)6-13-9-7(11)4-3-5-8(9)14(15)16/h3-5,13H,6,12H2,1-2H3. The van der Waals surface area contributed by atoms with Gasteiger partial charge in [-0.3, -0.25) is 10.1 Å². The number of nitro benzene ring substituents is 1. The lowest BCUT2D eigenvalue weighted by atomic mass is 10.1. The monoisotopic (exact) mass is 227 g/mol. The largest absolute Gasteiger partial charge is 0.375 e. The van der Waals surface area contributed by atoms with Gasteiger partial charge in [0.15, 0.2) is 5.82 Å². The van der Waals surface area contributed by atoms with Gasteiger partial charge in [-0.2, -0.15) is 0 Å². The molecule has 88 valence electrons. The van der Waals surface area contributed by atoms with Crippen LogP contribution in [0.15, 0.2) is 18.2 Å². The molecule has 6 heteroatoms. The summed E-state index contributed by atoms with van der Waals surface area (Å²) in [6.07, 6.45) is 0. The van der Waals surface area contributed by atoms with Crippen LogP contribution >= 0.6 is 0 Å². The number of hydrogen-bond donors (Lipinski definition) is 2. The Hall–Kier alpha value is -1.69. The zero-order valence-corrected chi connectivity index (χ0v) is 9.16. The summed E-state index contributed by atoms with van der Waals surface area (Å²) in [6, 6.07) is 3.71. The molecule has 0 spiro atoms. The number of benzene rings is 1. The number of nitrogens with zero attached hydrogens (tertiary/aromatic N) is 1. The smallest absolute Gasteiger partial charge is 0.295 e. The summed E-state index contributed by atoms with van der Waals surface area (Å²) in [6.45, 7) is 3.73. The Morgan fingerprint density at radius 1 is 1.56 bits per heavy atom. The summed E-state index contributed by atoms with van der Waals surface area (Å²) in [5.41, 5.74) is 4.72. The van der Waals surface area contributed by atoms with E-state index in [1.807, 2.05) is 0 Å². The third-order valence-electron chi connectivity index (χ3n) is 1.91. The maximum Gasteiger partial charge on any atom is 0.295 e. The van der Waals surface area contributed by atoms with E-state index in [1.54, 1.807) is 13.8 Å². The lowest BCUT2D eigenvalue weighted by Gasteiger charge is -2.19. The number of hydrogen-bond acceptors (Lipinski definition) is 4. The van der Waals surface area contributed by atoms with Gasteiger partial charge in [-0.05, 0) is 19.9 Å². The number of nitrogens with two attached hydrogens (primary N) is 1. The van der Waals surface area contributed by atoms with Crippen molar-refractivity contribution < 1.29 is 9.31 Å². The molecule has 0 radical (unpaired) electrons. The minimum absolute atomic E-state index is 0.119. The summed E-state index contributed by atoms with van der Waals surface area (Å²) in [5.74, 6) is -0.654. The summed E-state index contributed by atoms with van der Waals surface area (Å²) >= 11 is 0. The van der Waals surface area contributed by atoms with Crippen LogP contribution in [-0.4, -0.2) is 17.0 Å². The minimum Gasteiger partial charge on any atom is -0.375 e. The van der Waals surface area contributed by atoms with Gasteiger partial charge in [-0.1, -0.05) is 6.07 Å². The first kappa shape index (κ1) is 12.4. The van der Waals surface area contributed by atoms with E-state index in [4.69, 9.17) is 5.73 Å². The molecule has 0 saturated carbocycles. The van der Waals surface area contributed by atoms with Crippen molar-refractivity contribution in [1.29, 1.82) is 0 Å². The van der Waals surface area contributed by atoms with Crippen LogP contribution in [0.5, 0.6) is 0 Å². The van der Waals surface area contributed by atoms with Crippen molar-refractivity contribution in [2.45, 2.75) is 19.4 Å². The van der Waals surface area contributed by atoms with Crippen LogP contribution in [0.4, 0.5) is 15.8 Å². The van der Waals surface area contributed by atoms with Crippen molar-refractivity contribution in [3.05, 3.63) is 34.1 Å². The van der Waals surface area contributed by atoms with E-state index in [9.17, 15) is 14.5 Å². The number of rotatable bonds is 4. The predicted molar refractivity (Wildman–Crippen MR) is 59.8 cm³/mol. The van der Waals surface area contributed by atoms with E-state index in [0.29, 0.717) is 0 Å². The van der Waals surface area contributed by atoms with Gasteiger partial charge in [0, 0.05) is 18.2 Å². The molecule has 0 aliphatic heterocycles. The van der Waals surface area contributed by atoms with Gasteiger partial charge in [0.05, 0.1) is 4.92 Å². The summed E-state index contributed by atoms with van der Waals surface area (Å²) in [4.78, 5) is 10.0. The molecule has 0 atom stereocenters. The van der Waals surface area contributed by atoms with Gasteiger partial charge in [0.2, 0.25) is 0 Å². The zero-order valence-electron chi connectivity index (χ0n) is 9.16. The van der Waals surface area contributed by atoms with E-state index < -0.39 is 16.3 Å². The SMILES string of the molecule is CC(C)(N)CNc1c(F)cccc1[N+](=O)[O-]. The molecule has 0 aliphatic rings. The van der Waals surface area contributed by atoms with Gasteiger partial charge in [-0.15, -0.1) is 0 Å². The molecular weight excluding hydrogens is 213 g/mol. The van der Waals surface area contributed by atoms with Crippen LogP contribution in [0, 0.1) is 15.9 Å². The number of nitrogens with one attached hydrogen (secondary N) is 1. The van der Waals surface area contributed by atoms with Crippen molar-refractivity contribution in [1.82, 2.24) is 0 Å². The molecule has 1 aromatic rings. The fourth-order valence-corrected chi connectivity index (χ4v) is 1.16. The second kappa shape index (κ2) is 4.44. The van der Waals surface area contributed by atoms with Crippen LogP contribution in [-0.2, 0) is 0 Å². The van der Waals surface area contributed by atoms with E-state index >= 15 is 0 Å². The van der Waals surface area contributed by atoms with Crippen LogP contribution in [0.25, 0.3) is 0 Å². The number of halogens is 1. The molecule has 0 bridgehead atoms. The van der Waals surface area contributed by atoms with Gasteiger partial charge in [0.25, 0.3) is 5.69 Å². The van der Waals surface area contributed by atoms with Gasteiger partial charge >= 0.3 is 0 Å². The molecule has 16 heavy (non-hydrogen) atoms. The maximum absolute atomic E-state index is 13.4. The average molecular weight is 227 g/mol. The second-order valence-electron chi connectivity index (χ2n) is 4.23. The molecule has 0 aliphatic carbocycles. The van der Waals surface area contributed by atoms with Crippen LogP contribution < -0.4 is 11.1 Å². The number of para-hydroxylation sites is 1. The lowest BCUT2D eigenvalue weighted by molar-refractivity contribution is -0.384. The van der Waals surface area contributed by atoms with Gasteiger partial charge in [-0.25, -0.2) is 4.39 Å². The first-order valence-electron chi connectivity index (χ1n) is 4.77. The first-order chi connectivity index (χ1) is 7.31. The fraction of sp³-hybridized carbons (Fsp3) is 0.400. The fourth-order valence-electron chi connectivity index (χ4n) is 1.16. The van der Waals surface area contributed by atoms with Crippen molar-refractivity contribution in [3.8, 4) is 0 Å². The molecule has 0 amide bonds. The quantitative estimate of drug-likeness (QED) is 0.607. The molecule has 3 N–H and O–H groups in total. The molecule has 0 unspecified atom stereocenters. The molecule has 1 aromatic carbocycles. The van der Waals surface area contributed by atoms with Gasteiger partial charge in [0.1, 0.15) is 5.69 Å². The third kappa shape index (κ3) is 3.16. The molecule has 0 fully saturated rings. The highest BCUT2D eigenvalue weighted by Gasteiger charge is 2.19. The van der Waals surface area contributed by atoms with Crippen molar-refractivity contribution >= 4 is 11.4 Å². The van der Waals surface area contributed by atoms with Crippen LogP contribution in [0.1, 0.15) is 13.8 Å². The Morgan fingerprint density at radius 3 is 2.69 bits per heavy atom. The topological polar surface area (TPSA) is 81.2 Å². The molecule has 0 heterocycles. The zero-order chi connectivity index (χ0) is 12.3.